The molecule has 2 aliphatic heterocycles. The van der Waals surface area contributed by atoms with Gasteiger partial charge in [-0.15, -0.1) is 11.3 Å². The minimum Gasteiger partial charge on any atom is -0.479 e. The predicted molar refractivity (Wildman–Crippen MR) is 138 cm³/mol. The van der Waals surface area contributed by atoms with Gasteiger partial charge in [0.25, 0.3) is 0 Å². The highest BCUT2D eigenvalue weighted by Gasteiger charge is 2.48. The smallest absolute Gasteiger partial charge is 0.346 e. The first-order valence-corrected chi connectivity index (χ1v) is 13.1. The normalized spacial score (nSPS) is 28.6. The van der Waals surface area contributed by atoms with Crippen molar-refractivity contribution in [3.63, 3.8) is 0 Å². The summed E-state index contributed by atoms with van der Waals surface area (Å²) in [5.41, 5.74) is -1.03. The second kappa shape index (κ2) is 11.2. The summed E-state index contributed by atoms with van der Waals surface area (Å²) < 4.78 is 11.6. The van der Waals surface area contributed by atoms with Crippen LogP contribution in [0.15, 0.2) is 34.7 Å². The molecule has 0 saturated carbocycles. The first-order valence-electron chi connectivity index (χ1n) is 12.3. The first-order chi connectivity index (χ1) is 19.1. The number of rotatable bonds is 7. The van der Waals surface area contributed by atoms with E-state index in [1.54, 1.807) is 11.4 Å². The van der Waals surface area contributed by atoms with Crippen LogP contribution in [0.3, 0.4) is 0 Å². The van der Waals surface area contributed by atoms with Gasteiger partial charge in [-0.25, -0.2) is 19.6 Å². The number of thiazole rings is 1. The van der Waals surface area contributed by atoms with Crippen LogP contribution in [0.2, 0.25) is 0 Å². The second-order valence-corrected chi connectivity index (χ2v) is 10.4. The number of carboxylic acids is 1. The van der Waals surface area contributed by atoms with Crippen LogP contribution in [-0.2, 0) is 14.3 Å². The number of aliphatic hydroxyl groups is 4. The van der Waals surface area contributed by atoms with Crippen molar-refractivity contribution in [2.45, 2.75) is 36.7 Å². The number of anilines is 1. The fourth-order valence-electron chi connectivity index (χ4n) is 4.88. The fourth-order valence-corrected chi connectivity index (χ4v) is 5.50. The summed E-state index contributed by atoms with van der Waals surface area (Å²) in [6.07, 6.45) is -7.21. The van der Waals surface area contributed by atoms with E-state index in [1.165, 1.54) is 34.4 Å². The van der Waals surface area contributed by atoms with Crippen LogP contribution in [0.5, 0.6) is 0 Å². The lowest BCUT2D eigenvalue weighted by Gasteiger charge is -2.37. The number of hydrogen-bond acceptors (Lipinski definition) is 14. The average Bonchev–Trinajstić information content (AvgIpc) is 3.63. The maximum absolute atomic E-state index is 13.4. The summed E-state index contributed by atoms with van der Waals surface area (Å²) in [4.78, 5) is 48.9. The van der Waals surface area contributed by atoms with E-state index >= 15 is 0 Å². The Morgan fingerprint density at radius 2 is 1.98 bits per heavy atom. The van der Waals surface area contributed by atoms with Gasteiger partial charge in [0.15, 0.2) is 16.9 Å². The summed E-state index contributed by atoms with van der Waals surface area (Å²) in [5.74, 6) is -2.38. The molecule has 3 aromatic heterocycles. The summed E-state index contributed by atoms with van der Waals surface area (Å²) >= 11 is 1.21. The number of aliphatic carboxylic acids is 1. The SMILES string of the molecule is CN[C@H]1CN(c2ccc3c(=O)c(C(=O)OC4OC(C(=O)O)C(O)C(O)C4O)cn(-c4nccs4)c3n2)C[C@@H]1CO. The van der Waals surface area contributed by atoms with Crippen LogP contribution in [-0.4, -0.2) is 115 Å². The van der Waals surface area contributed by atoms with Crippen LogP contribution in [0.25, 0.3) is 16.2 Å². The van der Waals surface area contributed by atoms with Gasteiger partial charge in [-0.2, -0.15) is 0 Å². The topological polar surface area (TPSA) is 217 Å². The van der Waals surface area contributed by atoms with Crippen molar-refractivity contribution in [1.29, 1.82) is 0 Å². The van der Waals surface area contributed by atoms with E-state index in [4.69, 9.17) is 14.5 Å². The number of aromatic nitrogens is 3. The van der Waals surface area contributed by atoms with Gasteiger partial charge in [0.2, 0.25) is 11.7 Å². The quantitative estimate of drug-likeness (QED) is 0.166. The molecule has 6 N–H and O–H groups in total. The second-order valence-electron chi connectivity index (χ2n) is 9.48. The molecular formula is C24H27N5O10S. The molecule has 0 amide bonds. The van der Waals surface area contributed by atoms with Gasteiger partial charge in [-0.1, -0.05) is 0 Å². The Morgan fingerprint density at radius 3 is 2.60 bits per heavy atom. The Labute approximate surface area is 229 Å². The van der Waals surface area contributed by atoms with Crippen molar-refractivity contribution in [2.75, 3.05) is 31.6 Å². The van der Waals surface area contributed by atoms with Gasteiger partial charge in [0, 0.05) is 49.4 Å². The maximum atomic E-state index is 13.4. The highest BCUT2D eigenvalue weighted by Crippen LogP contribution is 2.27. The third-order valence-corrected chi connectivity index (χ3v) is 7.86. The van der Waals surface area contributed by atoms with Gasteiger partial charge in [-0.3, -0.25) is 9.36 Å². The summed E-state index contributed by atoms with van der Waals surface area (Å²) in [5, 5.41) is 54.4. The summed E-state index contributed by atoms with van der Waals surface area (Å²) in [6, 6.07) is 3.17. The minimum atomic E-state index is -1.99. The summed E-state index contributed by atoms with van der Waals surface area (Å²) in [7, 11) is 1.81. The molecule has 3 aromatic rings. The number of ether oxygens (including phenoxy) is 2. The van der Waals surface area contributed by atoms with Crippen LogP contribution < -0.4 is 15.6 Å². The Bertz CT molecular complexity index is 1450. The lowest BCUT2D eigenvalue weighted by atomic mass is 9.99. The van der Waals surface area contributed by atoms with Gasteiger partial charge in [0.05, 0.1) is 5.39 Å². The van der Waals surface area contributed by atoms with Crippen molar-refractivity contribution < 1.29 is 44.6 Å². The Morgan fingerprint density at radius 1 is 1.20 bits per heavy atom. The number of carbonyl (C=O) groups excluding carboxylic acids is 1. The number of carbonyl (C=O) groups is 2. The predicted octanol–water partition coefficient (Wildman–Crippen LogP) is -2.09. The molecule has 0 radical (unpaired) electrons. The van der Waals surface area contributed by atoms with Gasteiger partial charge >= 0.3 is 11.9 Å². The van der Waals surface area contributed by atoms with Crippen molar-refractivity contribution in [1.82, 2.24) is 19.9 Å². The number of likely N-dealkylation sites (N-methyl/N-ethyl adjacent to an activating group) is 1. The number of fused-ring (bicyclic) bond motifs is 1. The molecule has 0 aromatic carbocycles. The molecule has 2 saturated heterocycles. The van der Waals surface area contributed by atoms with Crippen molar-refractivity contribution in [3.8, 4) is 5.13 Å². The lowest BCUT2D eigenvalue weighted by Crippen LogP contribution is -2.60. The zero-order valence-corrected chi connectivity index (χ0v) is 21.8. The van der Waals surface area contributed by atoms with E-state index in [2.05, 4.69) is 10.3 Å². The van der Waals surface area contributed by atoms with Crippen LogP contribution in [0.1, 0.15) is 10.4 Å². The molecule has 5 heterocycles. The molecule has 2 fully saturated rings. The third-order valence-electron chi connectivity index (χ3n) is 7.09. The standard InChI is InChI=1S/C24H27N5O10S/c1-25-13-8-28(6-10(13)9-30)14-3-2-11-15(31)12(7-29(20(11)27-14)24-26-4-5-40-24)22(37)39-23-18(34)16(32)17(33)19(38-23)21(35)36/h2-5,7,10,13,16-19,23,25,30,32-34H,6,8-9H2,1H3,(H,35,36)/t10-,13+,16?,17?,18?,19?,23?/m1/s1. The molecule has 7 atom stereocenters. The molecule has 5 unspecified atom stereocenters. The van der Waals surface area contributed by atoms with E-state index in [1.807, 2.05) is 11.9 Å². The number of carboxylic acid groups (broad SMARTS) is 1. The molecule has 0 spiro atoms. The zero-order valence-electron chi connectivity index (χ0n) is 21.0. The van der Waals surface area contributed by atoms with E-state index in [0.717, 1.165) is 0 Å². The van der Waals surface area contributed by atoms with E-state index in [0.29, 0.717) is 24.0 Å². The number of hydrogen-bond donors (Lipinski definition) is 6. The van der Waals surface area contributed by atoms with Crippen LogP contribution in [0, 0.1) is 5.92 Å². The average molecular weight is 578 g/mol. The largest absolute Gasteiger partial charge is 0.479 e. The van der Waals surface area contributed by atoms with E-state index < -0.39 is 53.6 Å². The fraction of sp³-hybridized carbons (Fsp3) is 0.458. The van der Waals surface area contributed by atoms with Gasteiger partial charge in [-0.05, 0) is 19.2 Å². The monoisotopic (exact) mass is 577 g/mol. The Balaban J connectivity index is 1.52. The number of nitrogens with one attached hydrogen (secondary N) is 1. The Kier molecular flexibility index (Phi) is 7.83. The van der Waals surface area contributed by atoms with Crippen LogP contribution >= 0.6 is 11.3 Å². The number of esters is 1. The molecule has 0 aliphatic carbocycles. The van der Waals surface area contributed by atoms with Crippen LogP contribution in [0.4, 0.5) is 5.82 Å². The molecular weight excluding hydrogens is 550 g/mol. The van der Waals surface area contributed by atoms with Crippen molar-refractivity contribution in [2.24, 2.45) is 5.92 Å². The van der Waals surface area contributed by atoms with E-state index in [9.17, 15) is 39.9 Å². The number of nitrogens with zero attached hydrogens (tertiary/aromatic N) is 4. The first kappa shape index (κ1) is 28.0. The molecule has 0 bridgehead atoms. The Hall–Kier alpha value is -3.51. The molecule has 40 heavy (non-hydrogen) atoms. The molecule has 5 rings (SSSR count). The van der Waals surface area contributed by atoms with Crippen molar-refractivity contribution in [3.05, 3.63) is 45.7 Å². The maximum Gasteiger partial charge on any atom is 0.346 e. The third kappa shape index (κ3) is 4.94. The summed E-state index contributed by atoms with van der Waals surface area (Å²) in [6.45, 7) is 1.11. The minimum absolute atomic E-state index is 0.00646. The number of pyridine rings is 2. The molecule has 15 nitrogen and oxygen atoms in total. The highest BCUT2D eigenvalue weighted by atomic mass is 32.1. The van der Waals surface area contributed by atoms with Gasteiger partial charge < -0.3 is 45.2 Å². The number of aliphatic hydroxyl groups excluding tert-OH is 4. The molecule has 214 valence electrons. The molecule has 2 aliphatic rings. The molecule has 16 heteroatoms. The van der Waals surface area contributed by atoms with Crippen molar-refractivity contribution >= 4 is 40.1 Å². The lowest BCUT2D eigenvalue weighted by molar-refractivity contribution is -0.278. The zero-order chi connectivity index (χ0) is 28.7. The van der Waals surface area contributed by atoms with E-state index in [-0.39, 0.29) is 29.6 Å². The highest BCUT2D eigenvalue weighted by molar-refractivity contribution is 7.12. The van der Waals surface area contributed by atoms with Gasteiger partial charge in [0.1, 0.15) is 29.7 Å².